The van der Waals surface area contributed by atoms with Gasteiger partial charge in [0.25, 0.3) is 0 Å². The van der Waals surface area contributed by atoms with E-state index < -0.39 is 11.8 Å². The number of carbonyl (C=O) groups is 4. The molecular formula is C40H70N4O4. The molecule has 2 atom stereocenters. The van der Waals surface area contributed by atoms with Gasteiger partial charge in [-0.2, -0.15) is 0 Å². The molecule has 8 nitrogen and oxygen atoms in total. The average Bonchev–Trinajstić information content (AvgIpc) is 3.11. The molecule has 4 aliphatic carbocycles. The predicted molar refractivity (Wildman–Crippen MR) is 193 cm³/mol. The number of hydrogen-bond acceptors (Lipinski definition) is 4. The Labute approximate surface area is 292 Å². The van der Waals surface area contributed by atoms with Gasteiger partial charge in [0.15, 0.2) is 0 Å². The summed E-state index contributed by atoms with van der Waals surface area (Å²) in [6, 6.07) is 0.309. The number of amides is 4. The van der Waals surface area contributed by atoms with E-state index in [1.165, 1.54) is 12.8 Å². The molecule has 0 aromatic heterocycles. The molecule has 0 aliphatic heterocycles. The monoisotopic (exact) mass is 671 g/mol. The summed E-state index contributed by atoms with van der Waals surface area (Å²) in [4.78, 5) is 55.8. The zero-order valence-corrected chi connectivity index (χ0v) is 31.0. The van der Waals surface area contributed by atoms with Crippen molar-refractivity contribution in [2.45, 2.75) is 193 Å². The molecule has 48 heavy (non-hydrogen) atoms. The van der Waals surface area contributed by atoms with Crippen LogP contribution in [0.4, 0.5) is 0 Å². The fourth-order valence-corrected chi connectivity index (χ4v) is 9.28. The Morgan fingerprint density at radius 2 is 0.625 bits per heavy atom. The first-order chi connectivity index (χ1) is 23.2. The van der Waals surface area contributed by atoms with Gasteiger partial charge >= 0.3 is 0 Å². The van der Waals surface area contributed by atoms with Crippen molar-refractivity contribution in [3.8, 4) is 0 Å². The maximum atomic E-state index is 14.2. The summed E-state index contributed by atoms with van der Waals surface area (Å²) in [5.41, 5.74) is 0. The number of rotatable bonds is 15. The first kappa shape index (κ1) is 38.7. The highest BCUT2D eigenvalue weighted by molar-refractivity contribution is 5.94. The smallest absolute Gasteiger partial charge is 0.224 e. The van der Waals surface area contributed by atoms with Crippen molar-refractivity contribution < 1.29 is 19.2 Å². The van der Waals surface area contributed by atoms with Crippen LogP contribution in [0.1, 0.15) is 169 Å². The summed E-state index contributed by atoms with van der Waals surface area (Å²) in [7, 11) is 0. The van der Waals surface area contributed by atoms with Crippen LogP contribution in [0.15, 0.2) is 0 Å². The van der Waals surface area contributed by atoms with E-state index in [2.05, 4.69) is 49.0 Å². The van der Waals surface area contributed by atoms with E-state index in [1.807, 2.05) is 0 Å². The predicted octanol–water partition coefficient (Wildman–Crippen LogP) is 7.34. The van der Waals surface area contributed by atoms with Crippen molar-refractivity contribution in [3.05, 3.63) is 0 Å². The number of hydrogen-bond donors (Lipinski definition) is 4. The molecule has 0 aromatic rings. The second kappa shape index (κ2) is 19.9. The van der Waals surface area contributed by atoms with Crippen molar-refractivity contribution in [3.63, 3.8) is 0 Å². The van der Waals surface area contributed by atoms with E-state index in [9.17, 15) is 19.2 Å². The normalized spacial score (nSPS) is 32.3. The van der Waals surface area contributed by atoms with Crippen LogP contribution in [-0.2, 0) is 19.2 Å². The first-order valence-electron chi connectivity index (χ1n) is 20.4. The molecule has 4 aliphatic rings. The Balaban J connectivity index is 1.50. The fourth-order valence-electron chi connectivity index (χ4n) is 9.28. The quantitative estimate of drug-likeness (QED) is 0.146. The molecule has 4 amide bonds. The molecule has 0 saturated heterocycles. The minimum absolute atomic E-state index is 0.0470. The lowest BCUT2D eigenvalue weighted by atomic mass is 9.80. The summed E-state index contributed by atoms with van der Waals surface area (Å²) >= 11 is 0. The van der Waals surface area contributed by atoms with E-state index in [0.29, 0.717) is 11.8 Å². The van der Waals surface area contributed by atoms with Crippen LogP contribution in [0.2, 0.25) is 0 Å². The van der Waals surface area contributed by atoms with E-state index in [0.717, 1.165) is 127 Å². The van der Waals surface area contributed by atoms with E-state index in [-0.39, 0.29) is 60.6 Å². The highest BCUT2D eigenvalue weighted by Crippen LogP contribution is 2.32. The third kappa shape index (κ3) is 12.0. The van der Waals surface area contributed by atoms with Crippen LogP contribution >= 0.6 is 0 Å². The molecule has 0 spiro atoms. The maximum Gasteiger partial charge on any atom is 0.224 e. The van der Waals surface area contributed by atoms with Gasteiger partial charge in [-0.05, 0) is 126 Å². The molecule has 0 heterocycles. The maximum absolute atomic E-state index is 14.2. The fraction of sp³-hybridized carbons (Fsp3) is 0.900. The van der Waals surface area contributed by atoms with Gasteiger partial charge in [-0.1, -0.05) is 53.4 Å². The summed E-state index contributed by atoms with van der Waals surface area (Å²) in [5, 5.41) is 13.0. The standard InChI is InChI=1S/C40H70N4O4/c1-5-27-9-17-31(18-10-27)41-37(45)25-35(39(47)43-33-21-13-29(7-3)14-22-33)36(40(48)44-34-23-15-30(8-4)16-24-34)26-38(46)42-32-19-11-28(6-2)12-20-32/h27-36H,5-26H2,1-4H3,(H,41,45)(H,42,46)(H,43,47)(H,44,48). The Morgan fingerprint density at radius 3 is 0.854 bits per heavy atom. The van der Waals surface area contributed by atoms with Gasteiger partial charge < -0.3 is 21.3 Å². The van der Waals surface area contributed by atoms with Gasteiger partial charge in [0.05, 0.1) is 11.8 Å². The van der Waals surface area contributed by atoms with Crippen LogP contribution in [0.5, 0.6) is 0 Å². The molecule has 0 radical (unpaired) electrons. The molecule has 2 unspecified atom stereocenters. The number of nitrogens with one attached hydrogen (secondary N) is 4. The Kier molecular flexibility index (Phi) is 16.0. The second-order valence-corrected chi connectivity index (χ2v) is 16.3. The summed E-state index contributed by atoms with van der Waals surface area (Å²) in [6.07, 6.45) is 20.8. The zero-order chi connectivity index (χ0) is 34.5. The molecule has 4 N–H and O–H groups in total. The zero-order valence-electron chi connectivity index (χ0n) is 31.0. The highest BCUT2D eigenvalue weighted by Gasteiger charge is 2.40. The molecule has 8 heteroatoms. The van der Waals surface area contributed by atoms with Gasteiger partial charge in [-0.25, -0.2) is 0 Å². The summed E-state index contributed by atoms with van der Waals surface area (Å²) < 4.78 is 0. The molecule has 0 bridgehead atoms. The third-order valence-corrected chi connectivity index (χ3v) is 13.1. The lowest BCUT2D eigenvalue weighted by molar-refractivity contribution is -0.141. The van der Waals surface area contributed by atoms with Gasteiger partial charge in [-0.3, -0.25) is 19.2 Å². The molecule has 4 fully saturated rings. The van der Waals surface area contributed by atoms with Crippen LogP contribution in [-0.4, -0.2) is 47.8 Å². The number of carbonyl (C=O) groups excluding carboxylic acids is 4. The van der Waals surface area contributed by atoms with Gasteiger partial charge in [0, 0.05) is 37.0 Å². The van der Waals surface area contributed by atoms with Crippen LogP contribution < -0.4 is 21.3 Å². The van der Waals surface area contributed by atoms with Crippen molar-refractivity contribution in [1.82, 2.24) is 21.3 Å². The topological polar surface area (TPSA) is 116 Å². The van der Waals surface area contributed by atoms with Crippen molar-refractivity contribution in [1.29, 1.82) is 0 Å². The van der Waals surface area contributed by atoms with Gasteiger partial charge in [0.1, 0.15) is 0 Å². The largest absolute Gasteiger partial charge is 0.353 e. The third-order valence-electron chi connectivity index (χ3n) is 13.1. The van der Waals surface area contributed by atoms with Crippen molar-refractivity contribution in [2.24, 2.45) is 35.5 Å². The van der Waals surface area contributed by atoms with E-state index in [1.54, 1.807) is 0 Å². The van der Waals surface area contributed by atoms with Crippen molar-refractivity contribution >= 4 is 23.6 Å². The Bertz CT molecular complexity index is 923. The minimum Gasteiger partial charge on any atom is -0.353 e. The molecule has 4 rings (SSSR count). The Morgan fingerprint density at radius 1 is 0.396 bits per heavy atom. The summed E-state index contributed by atoms with van der Waals surface area (Å²) in [6.45, 7) is 8.92. The lowest BCUT2D eigenvalue weighted by Crippen LogP contribution is -2.51. The van der Waals surface area contributed by atoms with E-state index >= 15 is 0 Å². The van der Waals surface area contributed by atoms with Crippen LogP contribution in [0, 0.1) is 35.5 Å². The van der Waals surface area contributed by atoms with E-state index in [4.69, 9.17) is 0 Å². The second-order valence-electron chi connectivity index (χ2n) is 16.3. The molecule has 0 aromatic carbocycles. The lowest BCUT2D eigenvalue weighted by Gasteiger charge is -2.34. The SMILES string of the molecule is CCC1CCC(NC(=O)CC(C(=O)NC2CCC(CC)CC2)C(CC(=O)NC2CCC(CC)CC2)C(=O)NC2CCC(CC)CC2)CC1. The Hall–Kier alpha value is -2.12. The molecule has 4 saturated carbocycles. The first-order valence-corrected chi connectivity index (χ1v) is 20.4. The van der Waals surface area contributed by atoms with Gasteiger partial charge in [-0.15, -0.1) is 0 Å². The highest BCUT2D eigenvalue weighted by atomic mass is 16.2. The van der Waals surface area contributed by atoms with Crippen molar-refractivity contribution in [2.75, 3.05) is 0 Å². The van der Waals surface area contributed by atoms with Crippen LogP contribution in [0.25, 0.3) is 0 Å². The van der Waals surface area contributed by atoms with Gasteiger partial charge in [0.2, 0.25) is 23.6 Å². The van der Waals surface area contributed by atoms with Crippen LogP contribution in [0.3, 0.4) is 0 Å². The summed E-state index contributed by atoms with van der Waals surface area (Å²) in [5.74, 6) is 0.195. The average molecular weight is 671 g/mol. The molecular weight excluding hydrogens is 600 g/mol. The minimum atomic E-state index is -0.894. The molecule has 274 valence electrons.